The van der Waals surface area contributed by atoms with Gasteiger partial charge in [-0.1, -0.05) is 66.7 Å². The minimum atomic E-state index is -0.534. The van der Waals surface area contributed by atoms with Gasteiger partial charge in [-0.05, 0) is 23.8 Å². The van der Waals surface area contributed by atoms with E-state index in [1.807, 2.05) is 72.8 Å². The molecule has 0 radical (unpaired) electrons. The van der Waals surface area contributed by atoms with E-state index in [0.29, 0.717) is 12.3 Å². The number of hydrogen-bond donors (Lipinski definition) is 1. The molecule has 1 aromatic heterocycles. The Morgan fingerprint density at radius 2 is 1.55 bits per heavy atom. The van der Waals surface area contributed by atoms with Gasteiger partial charge in [0.05, 0.1) is 12.1 Å². The molecule has 29 heavy (non-hydrogen) atoms. The van der Waals surface area contributed by atoms with Crippen molar-refractivity contribution in [3.05, 3.63) is 90.5 Å². The topological polar surface area (TPSA) is 76.2 Å². The van der Waals surface area contributed by atoms with Gasteiger partial charge in [-0.15, -0.1) is 10.2 Å². The summed E-state index contributed by atoms with van der Waals surface area (Å²) in [4.78, 5) is 12.1. The number of amides is 1. The van der Waals surface area contributed by atoms with Crippen LogP contribution in [-0.2, 0) is 11.3 Å². The zero-order valence-corrected chi connectivity index (χ0v) is 15.6. The molecule has 1 amide bonds. The Balaban J connectivity index is 1.58. The van der Waals surface area contributed by atoms with E-state index >= 15 is 0 Å². The van der Waals surface area contributed by atoms with Gasteiger partial charge in [0.1, 0.15) is 5.75 Å². The van der Waals surface area contributed by atoms with Crippen LogP contribution >= 0.6 is 0 Å². The molecule has 1 heterocycles. The normalized spacial score (nSPS) is 11.2. The molecule has 4 rings (SSSR count). The van der Waals surface area contributed by atoms with Crippen LogP contribution < -0.4 is 4.74 Å². The van der Waals surface area contributed by atoms with Crippen LogP contribution in [0.3, 0.4) is 0 Å². The highest BCUT2D eigenvalue weighted by atomic mass is 16.5. The summed E-state index contributed by atoms with van der Waals surface area (Å²) in [5.74, 6) is 0.0158. The number of aromatic nitrogens is 1. The summed E-state index contributed by atoms with van der Waals surface area (Å²) in [6.45, 7) is 0.255. The van der Waals surface area contributed by atoms with Gasteiger partial charge in [-0.25, -0.2) is 0 Å². The average molecular weight is 385 g/mol. The number of nitrogens with zero attached hydrogens (tertiary/aromatic N) is 3. The fraction of sp³-hybridized carbons (Fsp3) is 0.0870. The number of para-hydroxylation sites is 2. The summed E-state index contributed by atoms with van der Waals surface area (Å²) in [5.41, 5.74) is 2.12. The molecule has 0 saturated heterocycles. The van der Waals surface area contributed by atoms with Crippen LogP contribution in [0.5, 0.6) is 11.6 Å². The van der Waals surface area contributed by atoms with Gasteiger partial charge in [0.2, 0.25) is 5.88 Å². The molecule has 6 heteroatoms. The third-order valence-corrected chi connectivity index (χ3v) is 4.47. The highest BCUT2D eigenvalue weighted by molar-refractivity contribution is 5.95. The summed E-state index contributed by atoms with van der Waals surface area (Å²) < 4.78 is 7.14. The maximum absolute atomic E-state index is 12.1. The number of azo groups is 1. The van der Waals surface area contributed by atoms with Crippen molar-refractivity contribution in [2.75, 3.05) is 6.61 Å². The lowest BCUT2D eigenvalue weighted by Gasteiger charge is -2.06. The minimum absolute atomic E-state index is 0.0319. The van der Waals surface area contributed by atoms with Gasteiger partial charge < -0.3 is 14.4 Å². The summed E-state index contributed by atoms with van der Waals surface area (Å²) >= 11 is 0. The third-order valence-electron chi connectivity index (χ3n) is 4.47. The number of ether oxygens (including phenoxy) is 1. The molecule has 4 aromatic rings. The quantitative estimate of drug-likeness (QED) is 0.470. The molecule has 0 saturated carbocycles. The van der Waals surface area contributed by atoms with E-state index < -0.39 is 5.91 Å². The van der Waals surface area contributed by atoms with Crippen LogP contribution in [0, 0.1) is 0 Å². The largest absolute Gasteiger partial charge is 0.493 e. The summed E-state index contributed by atoms with van der Waals surface area (Å²) in [6, 6.07) is 26.3. The van der Waals surface area contributed by atoms with Crippen LogP contribution in [-0.4, -0.2) is 22.2 Å². The highest BCUT2D eigenvalue weighted by Crippen LogP contribution is 2.39. The minimum Gasteiger partial charge on any atom is -0.493 e. The lowest BCUT2D eigenvalue weighted by molar-refractivity contribution is -0.120. The van der Waals surface area contributed by atoms with Crippen LogP contribution in [0.2, 0.25) is 0 Å². The molecule has 0 aliphatic carbocycles. The molecule has 6 nitrogen and oxygen atoms in total. The third kappa shape index (κ3) is 4.16. The molecule has 0 aliphatic heterocycles. The molecule has 0 bridgehead atoms. The zero-order chi connectivity index (χ0) is 20.1. The van der Waals surface area contributed by atoms with Crippen molar-refractivity contribution < 1.29 is 14.6 Å². The Bertz CT molecular complexity index is 1150. The molecule has 0 fully saturated rings. The van der Waals surface area contributed by atoms with Crippen molar-refractivity contribution in [1.29, 1.82) is 0 Å². The summed E-state index contributed by atoms with van der Waals surface area (Å²) in [5, 5.41) is 19.2. The van der Waals surface area contributed by atoms with Gasteiger partial charge in [0.25, 0.3) is 0 Å². The SMILES string of the molecule is O=C(COc1ccccc1)N=Nc1c(O)n(Cc2ccccc2)c2ccccc12. The van der Waals surface area contributed by atoms with Crippen LogP contribution in [0.25, 0.3) is 10.9 Å². The van der Waals surface area contributed by atoms with Gasteiger partial charge in [-0.3, -0.25) is 4.79 Å². The van der Waals surface area contributed by atoms with E-state index in [-0.39, 0.29) is 18.2 Å². The zero-order valence-electron chi connectivity index (χ0n) is 15.6. The number of benzene rings is 3. The lowest BCUT2D eigenvalue weighted by atomic mass is 10.2. The van der Waals surface area contributed by atoms with Gasteiger partial charge in [-0.2, -0.15) is 0 Å². The second-order valence-electron chi connectivity index (χ2n) is 6.46. The summed E-state index contributed by atoms with van der Waals surface area (Å²) in [6.07, 6.45) is 0. The van der Waals surface area contributed by atoms with Gasteiger partial charge in [0, 0.05) is 5.39 Å². The van der Waals surface area contributed by atoms with E-state index in [4.69, 9.17) is 4.74 Å². The number of hydrogen-bond acceptors (Lipinski definition) is 4. The number of aromatic hydroxyl groups is 1. The molecule has 0 unspecified atom stereocenters. The molecule has 1 N–H and O–H groups in total. The van der Waals surface area contributed by atoms with E-state index in [2.05, 4.69) is 10.2 Å². The van der Waals surface area contributed by atoms with E-state index in [0.717, 1.165) is 16.5 Å². The molecule has 0 atom stereocenters. The predicted octanol–water partition coefficient (Wildman–Crippen LogP) is 5.08. The maximum Gasteiger partial charge on any atom is 0.302 e. The molecule has 3 aromatic carbocycles. The van der Waals surface area contributed by atoms with Crippen LogP contribution in [0.1, 0.15) is 5.56 Å². The Morgan fingerprint density at radius 1 is 0.897 bits per heavy atom. The number of fused-ring (bicyclic) bond motifs is 1. The first-order valence-corrected chi connectivity index (χ1v) is 9.19. The molecule has 0 spiro atoms. The van der Waals surface area contributed by atoms with Crippen molar-refractivity contribution in [3.63, 3.8) is 0 Å². The Labute approximate surface area is 167 Å². The van der Waals surface area contributed by atoms with E-state index in [1.165, 1.54) is 0 Å². The molecular formula is C23H19N3O3. The number of carbonyl (C=O) groups is 1. The summed E-state index contributed by atoms with van der Waals surface area (Å²) in [7, 11) is 0. The average Bonchev–Trinajstić information content (AvgIpc) is 3.03. The van der Waals surface area contributed by atoms with Crippen molar-refractivity contribution in [2.45, 2.75) is 6.54 Å². The van der Waals surface area contributed by atoms with Crippen LogP contribution in [0.4, 0.5) is 5.69 Å². The molecule has 144 valence electrons. The standard InChI is InChI=1S/C23H19N3O3/c27-21(16-29-18-11-5-2-6-12-18)24-25-22-19-13-7-8-14-20(19)26(23(22)28)15-17-9-3-1-4-10-17/h1-14,28H,15-16H2. The maximum atomic E-state index is 12.1. The second kappa shape index (κ2) is 8.39. The van der Waals surface area contributed by atoms with Crippen molar-refractivity contribution in [1.82, 2.24) is 4.57 Å². The fourth-order valence-corrected chi connectivity index (χ4v) is 3.09. The molecular weight excluding hydrogens is 366 g/mol. The Morgan fingerprint density at radius 3 is 2.31 bits per heavy atom. The number of rotatable bonds is 6. The fourth-order valence-electron chi connectivity index (χ4n) is 3.09. The lowest BCUT2D eigenvalue weighted by Crippen LogP contribution is -2.07. The Hall–Kier alpha value is -3.93. The second-order valence-corrected chi connectivity index (χ2v) is 6.46. The van der Waals surface area contributed by atoms with Gasteiger partial charge in [0.15, 0.2) is 12.3 Å². The van der Waals surface area contributed by atoms with Gasteiger partial charge >= 0.3 is 5.91 Å². The number of carbonyl (C=O) groups excluding carboxylic acids is 1. The first-order valence-electron chi connectivity index (χ1n) is 9.19. The first-order chi connectivity index (χ1) is 14.2. The van der Waals surface area contributed by atoms with E-state index in [9.17, 15) is 9.90 Å². The van der Waals surface area contributed by atoms with Crippen molar-refractivity contribution in [2.24, 2.45) is 10.2 Å². The Kier molecular flexibility index (Phi) is 5.33. The monoisotopic (exact) mass is 385 g/mol. The predicted molar refractivity (Wildman–Crippen MR) is 111 cm³/mol. The smallest absolute Gasteiger partial charge is 0.302 e. The van der Waals surface area contributed by atoms with Crippen LogP contribution in [0.15, 0.2) is 95.2 Å². The van der Waals surface area contributed by atoms with Crippen molar-refractivity contribution >= 4 is 22.5 Å². The first kappa shape index (κ1) is 18.4. The van der Waals surface area contributed by atoms with Crippen molar-refractivity contribution in [3.8, 4) is 11.6 Å². The molecule has 0 aliphatic rings. The highest BCUT2D eigenvalue weighted by Gasteiger charge is 2.17. The van der Waals surface area contributed by atoms with E-state index in [1.54, 1.807) is 16.7 Å².